The van der Waals surface area contributed by atoms with Gasteiger partial charge in [0, 0.05) is 11.1 Å². The number of nitriles is 1. The molecule has 2 fully saturated rings. The number of aromatic nitrogens is 2. The normalized spacial score (nSPS) is 34.0. The molecule has 0 spiro atoms. The Bertz CT molecular complexity index is 590. The van der Waals surface area contributed by atoms with E-state index in [0.717, 1.165) is 18.0 Å². The SMILES string of the molecule is Cc1cc(C#N)nc(OC2CC3CCC2(C)C3(C)C)n1. The molecule has 20 heavy (non-hydrogen) atoms. The minimum atomic E-state index is 0.157. The Kier molecular flexibility index (Phi) is 2.79. The van der Waals surface area contributed by atoms with E-state index in [1.165, 1.54) is 12.8 Å². The molecule has 2 aliphatic rings. The molecule has 106 valence electrons. The molecule has 0 aromatic carbocycles. The van der Waals surface area contributed by atoms with Gasteiger partial charge < -0.3 is 4.74 Å². The molecule has 3 unspecified atom stereocenters. The van der Waals surface area contributed by atoms with E-state index in [-0.39, 0.29) is 11.5 Å². The summed E-state index contributed by atoms with van der Waals surface area (Å²) in [5.41, 5.74) is 1.64. The first kappa shape index (κ1) is 13.4. The van der Waals surface area contributed by atoms with Crippen molar-refractivity contribution in [2.24, 2.45) is 16.7 Å². The monoisotopic (exact) mass is 271 g/mol. The van der Waals surface area contributed by atoms with Crippen LogP contribution < -0.4 is 4.74 Å². The van der Waals surface area contributed by atoms with Crippen LogP contribution in [-0.4, -0.2) is 16.1 Å². The molecule has 0 aliphatic heterocycles. The Labute approximate surface area is 120 Å². The zero-order valence-electron chi connectivity index (χ0n) is 12.6. The fourth-order valence-corrected chi connectivity index (χ4v) is 4.09. The summed E-state index contributed by atoms with van der Waals surface area (Å²) in [7, 11) is 0. The number of nitrogens with zero attached hydrogens (tertiary/aromatic N) is 3. The average molecular weight is 271 g/mol. The van der Waals surface area contributed by atoms with E-state index in [1.54, 1.807) is 6.07 Å². The third kappa shape index (κ3) is 1.72. The van der Waals surface area contributed by atoms with Gasteiger partial charge in [-0.3, -0.25) is 0 Å². The van der Waals surface area contributed by atoms with Crippen LogP contribution in [0.4, 0.5) is 0 Å². The predicted octanol–water partition coefficient (Wildman–Crippen LogP) is 3.25. The van der Waals surface area contributed by atoms with E-state index in [1.807, 2.05) is 6.92 Å². The highest BCUT2D eigenvalue weighted by molar-refractivity contribution is 5.24. The standard InChI is InChI=1S/C16H21N3O/c1-10-7-12(9-17)19-14(18-10)20-13-8-11-5-6-16(13,4)15(11,2)3/h7,11,13H,5-6,8H2,1-4H3. The van der Waals surface area contributed by atoms with Crippen molar-refractivity contribution in [3.8, 4) is 12.1 Å². The summed E-state index contributed by atoms with van der Waals surface area (Å²) in [5, 5.41) is 8.99. The molecule has 0 radical (unpaired) electrons. The second kappa shape index (κ2) is 4.18. The molecule has 1 aromatic heterocycles. The van der Waals surface area contributed by atoms with Crippen molar-refractivity contribution >= 4 is 0 Å². The van der Waals surface area contributed by atoms with E-state index in [9.17, 15) is 0 Å². The minimum absolute atomic E-state index is 0.157. The second-order valence-electron chi connectivity index (χ2n) is 7.01. The van der Waals surface area contributed by atoms with Crippen LogP contribution in [0.2, 0.25) is 0 Å². The summed E-state index contributed by atoms with van der Waals surface area (Å²) < 4.78 is 6.10. The Morgan fingerprint density at radius 2 is 2.10 bits per heavy atom. The number of aryl methyl sites for hydroxylation is 1. The number of fused-ring (bicyclic) bond motifs is 2. The third-order valence-corrected chi connectivity index (χ3v) is 5.91. The molecule has 4 nitrogen and oxygen atoms in total. The molecule has 4 heteroatoms. The van der Waals surface area contributed by atoms with Crippen molar-refractivity contribution in [1.29, 1.82) is 5.26 Å². The summed E-state index contributed by atoms with van der Waals surface area (Å²) in [4.78, 5) is 8.51. The lowest BCUT2D eigenvalue weighted by Crippen LogP contribution is -2.39. The van der Waals surface area contributed by atoms with Crippen LogP contribution in [0.5, 0.6) is 6.01 Å². The highest BCUT2D eigenvalue weighted by Gasteiger charge is 2.62. The van der Waals surface area contributed by atoms with Crippen LogP contribution >= 0.6 is 0 Å². The molecule has 1 aromatic rings. The summed E-state index contributed by atoms with van der Waals surface area (Å²) in [6.07, 6.45) is 3.72. The van der Waals surface area contributed by atoms with Gasteiger partial charge in [-0.2, -0.15) is 10.2 Å². The molecule has 0 N–H and O–H groups in total. The summed E-state index contributed by atoms with van der Waals surface area (Å²) in [6, 6.07) is 4.10. The van der Waals surface area contributed by atoms with Gasteiger partial charge >= 0.3 is 6.01 Å². The van der Waals surface area contributed by atoms with Gasteiger partial charge in [0.2, 0.25) is 0 Å². The zero-order chi connectivity index (χ0) is 14.5. The largest absolute Gasteiger partial charge is 0.460 e. The molecular formula is C16H21N3O. The Morgan fingerprint density at radius 1 is 1.35 bits per heavy atom. The van der Waals surface area contributed by atoms with Crippen LogP contribution in [0.3, 0.4) is 0 Å². The van der Waals surface area contributed by atoms with E-state index in [2.05, 4.69) is 36.8 Å². The first-order valence-corrected chi connectivity index (χ1v) is 7.29. The number of hydrogen-bond donors (Lipinski definition) is 0. The maximum Gasteiger partial charge on any atom is 0.318 e. The topological polar surface area (TPSA) is 58.8 Å². The van der Waals surface area contributed by atoms with E-state index < -0.39 is 0 Å². The van der Waals surface area contributed by atoms with Gasteiger partial charge in [-0.05, 0) is 43.6 Å². The van der Waals surface area contributed by atoms with Crippen LogP contribution in [0, 0.1) is 35.0 Å². The van der Waals surface area contributed by atoms with Crippen LogP contribution in [-0.2, 0) is 0 Å². The molecule has 2 aliphatic carbocycles. The number of hydrogen-bond acceptors (Lipinski definition) is 4. The van der Waals surface area contributed by atoms with Crippen molar-refractivity contribution in [2.45, 2.75) is 53.1 Å². The predicted molar refractivity (Wildman–Crippen MR) is 75.1 cm³/mol. The van der Waals surface area contributed by atoms with Gasteiger partial charge in [-0.1, -0.05) is 20.8 Å². The molecule has 1 heterocycles. The Hall–Kier alpha value is -1.63. The molecule has 2 bridgehead atoms. The van der Waals surface area contributed by atoms with E-state index in [4.69, 9.17) is 10.00 Å². The van der Waals surface area contributed by atoms with Crippen LogP contribution in [0.25, 0.3) is 0 Å². The summed E-state index contributed by atoms with van der Waals surface area (Å²) >= 11 is 0. The number of rotatable bonds is 2. The van der Waals surface area contributed by atoms with Gasteiger partial charge in [0.1, 0.15) is 17.9 Å². The van der Waals surface area contributed by atoms with Crippen LogP contribution in [0.15, 0.2) is 6.07 Å². The van der Waals surface area contributed by atoms with Crippen molar-refractivity contribution in [1.82, 2.24) is 9.97 Å². The molecular weight excluding hydrogens is 250 g/mol. The highest BCUT2D eigenvalue weighted by atomic mass is 16.5. The van der Waals surface area contributed by atoms with Crippen molar-refractivity contribution in [3.63, 3.8) is 0 Å². The highest BCUT2D eigenvalue weighted by Crippen LogP contribution is 2.66. The lowest BCUT2D eigenvalue weighted by Gasteiger charge is -2.38. The average Bonchev–Trinajstić information content (AvgIpc) is 2.71. The molecule has 0 amide bonds. The van der Waals surface area contributed by atoms with Gasteiger partial charge in [0.25, 0.3) is 0 Å². The summed E-state index contributed by atoms with van der Waals surface area (Å²) in [6.45, 7) is 8.89. The number of ether oxygens (including phenoxy) is 1. The van der Waals surface area contributed by atoms with Crippen LogP contribution in [0.1, 0.15) is 51.4 Å². The second-order valence-corrected chi connectivity index (χ2v) is 7.01. The third-order valence-electron chi connectivity index (χ3n) is 5.91. The Balaban J connectivity index is 1.87. The zero-order valence-corrected chi connectivity index (χ0v) is 12.6. The Morgan fingerprint density at radius 3 is 2.65 bits per heavy atom. The molecule has 3 rings (SSSR count). The molecule has 2 saturated carbocycles. The van der Waals surface area contributed by atoms with E-state index in [0.29, 0.717) is 17.1 Å². The smallest absolute Gasteiger partial charge is 0.318 e. The lowest BCUT2D eigenvalue weighted by atomic mass is 9.70. The fourth-order valence-electron chi connectivity index (χ4n) is 4.09. The van der Waals surface area contributed by atoms with Crippen molar-refractivity contribution < 1.29 is 4.74 Å². The first-order chi connectivity index (χ1) is 9.36. The van der Waals surface area contributed by atoms with Crippen molar-refractivity contribution in [3.05, 3.63) is 17.5 Å². The van der Waals surface area contributed by atoms with Crippen molar-refractivity contribution in [2.75, 3.05) is 0 Å². The summed E-state index contributed by atoms with van der Waals surface area (Å²) in [5.74, 6) is 0.720. The molecule has 3 atom stereocenters. The lowest BCUT2D eigenvalue weighted by molar-refractivity contribution is 0.0240. The molecule has 0 saturated heterocycles. The van der Waals surface area contributed by atoms with Gasteiger partial charge in [-0.25, -0.2) is 4.98 Å². The quantitative estimate of drug-likeness (QED) is 0.828. The van der Waals surface area contributed by atoms with Gasteiger partial charge in [0.15, 0.2) is 0 Å². The first-order valence-electron chi connectivity index (χ1n) is 7.29. The fraction of sp³-hybridized carbons (Fsp3) is 0.688. The van der Waals surface area contributed by atoms with E-state index >= 15 is 0 Å². The minimum Gasteiger partial charge on any atom is -0.460 e. The maximum absolute atomic E-state index is 8.99. The van der Waals surface area contributed by atoms with Gasteiger partial charge in [0.05, 0.1) is 0 Å². The van der Waals surface area contributed by atoms with Gasteiger partial charge in [-0.15, -0.1) is 0 Å². The maximum atomic E-state index is 8.99.